The number of nitrogens with zero attached hydrogens (tertiary/aromatic N) is 3. The van der Waals surface area contributed by atoms with Gasteiger partial charge in [0.25, 0.3) is 0 Å². The Kier molecular flexibility index (Phi) is 4.12. The monoisotopic (exact) mass is 324 g/mol. The molecular formula is C15H21ClN4O2. The third-order valence-corrected chi connectivity index (χ3v) is 4.58. The molecule has 2 heterocycles. The minimum atomic E-state index is -0.803. The summed E-state index contributed by atoms with van der Waals surface area (Å²) in [5, 5.41) is 3.46. The van der Waals surface area contributed by atoms with Gasteiger partial charge in [0.15, 0.2) is 11.4 Å². The molecule has 2 aliphatic rings. The van der Waals surface area contributed by atoms with Gasteiger partial charge in [0.1, 0.15) is 0 Å². The molecule has 1 atom stereocenters. The number of halogens is 1. The molecule has 22 heavy (non-hydrogen) atoms. The Bertz CT molecular complexity index is 577. The third kappa shape index (κ3) is 2.72. The largest absolute Gasteiger partial charge is 0.464 e. The molecule has 1 aromatic rings. The van der Waals surface area contributed by atoms with Gasteiger partial charge in [-0.2, -0.15) is 4.98 Å². The van der Waals surface area contributed by atoms with Crippen LogP contribution in [0.5, 0.6) is 0 Å². The molecule has 1 unspecified atom stereocenters. The molecule has 3 rings (SSSR count). The summed E-state index contributed by atoms with van der Waals surface area (Å²) in [7, 11) is 0. The summed E-state index contributed by atoms with van der Waals surface area (Å²) in [5.41, 5.74) is -0.0684. The van der Waals surface area contributed by atoms with Crippen molar-refractivity contribution >= 4 is 29.1 Å². The lowest BCUT2D eigenvalue weighted by Gasteiger charge is -2.43. The molecule has 7 heteroatoms. The maximum absolute atomic E-state index is 12.4. The van der Waals surface area contributed by atoms with Gasteiger partial charge in [0.05, 0.1) is 25.0 Å². The van der Waals surface area contributed by atoms with Crippen molar-refractivity contribution in [2.45, 2.75) is 51.1 Å². The van der Waals surface area contributed by atoms with Crippen LogP contribution in [0.4, 0.5) is 11.5 Å². The Morgan fingerprint density at radius 1 is 1.55 bits per heavy atom. The normalized spacial score (nSPS) is 24.8. The molecule has 1 saturated carbocycles. The lowest BCUT2D eigenvalue weighted by atomic mass is 9.97. The summed E-state index contributed by atoms with van der Waals surface area (Å²) in [6.07, 6.45) is 6.28. The Labute approximate surface area is 135 Å². The first-order valence-electron chi connectivity index (χ1n) is 7.78. The Morgan fingerprint density at radius 3 is 2.95 bits per heavy atom. The molecule has 120 valence electrons. The van der Waals surface area contributed by atoms with Gasteiger partial charge < -0.3 is 15.0 Å². The smallest absolute Gasteiger partial charge is 0.333 e. The lowest BCUT2D eigenvalue weighted by molar-refractivity contribution is -0.147. The van der Waals surface area contributed by atoms with E-state index in [0.29, 0.717) is 19.2 Å². The van der Waals surface area contributed by atoms with Gasteiger partial charge in [-0.25, -0.2) is 9.78 Å². The van der Waals surface area contributed by atoms with Gasteiger partial charge >= 0.3 is 5.97 Å². The highest BCUT2D eigenvalue weighted by atomic mass is 35.5. The van der Waals surface area contributed by atoms with E-state index in [9.17, 15) is 4.79 Å². The zero-order valence-corrected chi connectivity index (χ0v) is 13.7. The molecule has 0 amide bonds. The van der Waals surface area contributed by atoms with E-state index in [-0.39, 0.29) is 11.3 Å². The van der Waals surface area contributed by atoms with Crippen molar-refractivity contribution in [3.8, 4) is 0 Å². The summed E-state index contributed by atoms with van der Waals surface area (Å²) >= 11 is 5.96. The number of hydrogen-bond acceptors (Lipinski definition) is 6. The van der Waals surface area contributed by atoms with Gasteiger partial charge in [-0.1, -0.05) is 12.8 Å². The second kappa shape index (κ2) is 5.91. The van der Waals surface area contributed by atoms with Crippen molar-refractivity contribution in [3.63, 3.8) is 0 Å². The van der Waals surface area contributed by atoms with E-state index in [0.717, 1.165) is 24.3 Å². The van der Waals surface area contributed by atoms with Crippen molar-refractivity contribution in [2.24, 2.45) is 0 Å². The molecule has 1 aromatic heterocycles. The van der Waals surface area contributed by atoms with Crippen molar-refractivity contribution in [1.29, 1.82) is 0 Å². The van der Waals surface area contributed by atoms with Gasteiger partial charge in [-0.05, 0) is 38.3 Å². The Balaban J connectivity index is 1.97. The second-order valence-corrected chi connectivity index (χ2v) is 6.46. The summed E-state index contributed by atoms with van der Waals surface area (Å²) in [4.78, 5) is 23.0. The van der Waals surface area contributed by atoms with Crippen LogP contribution < -0.4 is 10.2 Å². The van der Waals surface area contributed by atoms with Crippen LogP contribution in [-0.4, -0.2) is 40.7 Å². The highest BCUT2D eigenvalue weighted by molar-refractivity contribution is 6.28. The summed E-state index contributed by atoms with van der Waals surface area (Å²) < 4.78 is 5.24. The fourth-order valence-corrected chi connectivity index (χ4v) is 3.46. The average Bonchev–Trinajstić information content (AvgIpc) is 3.01. The van der Waals surface area contributed by atoms with E-state index in [1.54, 1.807) is 6.20 Å². The van der Waals surface area contributed by atoms with Crippen LogP contribution in [0.3, 0.4) is 0 Å². The fourth-order valence-electron chi connectivity index (χ4n) is 3.34. The number of rotatable bonds is 3. The van der Waals surface area contributed by atoms with Crippen LogP contribution in [0.1, 0.15) is 39.5 Å². The minimum absolute atomic E-state index is 0.225. The van der Waals surface area contributed by atoms with E-state index < -0.39 is 5.54 Å². The van der Waals surface area contributed by atoms with Gasteiger partial charge in [0, 0.05) is 6.04 Å². The number of hydrogen-bond donors (Lipinski definition) is 1. The Hall–Kier alpha value is -1.56. The minimum Gasteiger partial charge on any atom is -0.464 e. The molecule has 0 radical (unpaired) electrons. The van der Waals surface area contributed by atoms with Crippen LogP contribution >= 0.6 is 11.6 Å². The maximum Gasteiger partial charge on any atom is 0.333 e. The molecule has 1 aliphatic heterocycles. The van der Waals surface area contributed by atoms with Crippen LogP contribution in [0, 0.1) is 0 Å². The number of aromatic nitrogens is 2. The molecular weight excluding hydrogens is 304 g/mol. The van der Waals surface area contributed by atoms with Crippen LogP contribution in [0.2, 0.25) is 5.28 Å². The number of carbonyl (C=O) groups excluding carboxylic acids is 1. The molecule has 1 fully saturated rings. The Morgan fingerprint density at radius 2 is 2.27 bits per heavy atom. The summed E-state index contributed by atoms with van der Waals surface area (Å²) in [6, 6.07) is 0.389. The molecule has 0 aromatic carbocycles. The van der Waals surface area contributed by atoms with Crippen molar-refractivity contribution in [1.82, 2.24) is 9.97 Å². The first-order chi connectivity index (χ1) is 10.5. The predicted octanol–water partition coefficient (Wildman–Crippen LogP) is 2.63. The third-order valence-electron chi connectivity index (χ3n) is 4.40. The molecule has 0 spiro atoms. The van der Waals surface area contributed by atoms with Crippen LogP contribution in [0.25, 0.3) is 0 Å². The van der Waals surface area contributed by atoms with Gasteiger partial charge in [-0.15, -0.1) is 0 Å². The quantitative estimate of drug-likeness (QED) is 0.681. The van der Waals surface area contributed by atoms with Crippen LogP contribution in [-0.2, 0) is 9.53 Å². The van der Waals surface area contributed by atoms with Crippen molar-refractivity contribution in [3.05, 3.63) is 11.5 Å². The molecule has 1 aliphatic carbocycles. The van der Waals surface area contributed by atoms with E-state index >= 15 is 0 Å². The van der Waals surface area contributed by atoms with Gasteiger partial charge in [-0.3, -0.25) is 0 Å². The van der Waals surface area contributed by atoms with E-state index in [1.807, 2.05) is 13.8 Å². The summed E-state index contributed by atoms with van der Waals surface area (Å²) in [5.74, 6) is 0.535. The van der Waals surface area contributed by atoms with E-state index in [1.165, 1.54) is 12.8 Å². The number of nitrogens with one attached hydrogen (secondary N) is 1. The number of carbonyl (C=O) groups is 1. The standard InChI is InChI=1S/C15H21ClN4O2/c1-3-22-13(21)15(2)9-20(10-6-4-5-7-10)12-11(19-15)8-17-14(16)18-12/h8,10,19H,3-7,9H2,1-2H3. The number of fused-ring (bicyclic) bond motifs is 1. The van der Waals surface area contributed by atoms with Crippen molar-refractivity contribution in [2.75, 3.05) is 23.4 Å². The number of ether oxygens (including phenoxy) is 1. The SMILES string of the molecule is CCOC(=O)C1(C)CN(C2CCCC2)c2nc(Cl)ncc2N1. The van der Waals surface area contributed by atoms with E-state index in [2.05, 4.69) is 20.2 Å². The molecule has 0 bridgehead atoms. The highest BCUT2D eigenvalue weighted by Crippen LogP contribution is 2.38. The first kappa shape index (κ1) is 15.3. The topological polar surface area (TPSA) is 67.3 Å². The van der Waals surface area contributed by atoms with Gasteiger partial charge in [0.2, 0.25) is 5.28 Å². The summed E-state index contributed by atoms with van der Waals surface area (Å²) in [6.45, 7) is 4.57. The zero-order valence-electron chi connectivity index (χ0n) is 12.9. The first-order valence-corrected chi connectivity index (χ1v) is 8.16. The number of esters is 1. The zero-order chi connectivity index (χ0) is 15.7. The number of anilines is 2. The average molecular weight is 325 g/mol. The maximum atomic E-state index is 12.4. The van der Waals surface area contributed by atoms with E-state index in [4.69, 9.17) is 16.3 Å². The molecule has 6 nitrogen and oxygen atoms in total. The second-order valence-electron chi connectivity index (χ2n) is 6.12. The fraction of sp³-hybridized carbons (Fsp3) is 0.667. The predicted molar refractivity (Wildman–Crippen MR) is 85.3 cm³/mol. The lowest BCUT2D eigenvalue weighted by Crippen LogP contribution is -2.58. The van der Waals surface area contributed by atoms with Crippen molar-refractivity contribution < 1.29 is 9.53 Å². The van der Waals surface area contributed by atoms with Crippen LogP contribution in [0.15, 0.2) is 6.20 Å². The molecule has 1 N–H and O–H groups in total. The molecule has 0 saturated heterocycles. The highest BCUT2D eigenvalue weighted by Gasteiger charge is 2.44.